The lowest BCUT2D eigenvalue weighted by molar-refractivity contribution is 0.0952. The van der Waals surface area contributed by atoms with E-state index in [0.29, 0.717) is 23.7 Å². The molecule has 0 bridgehead atoms. The van der Waals surface area contributed by atoms with Crippen LogP contribution in [0.1, 0.15) is 20.1 Å². The van der Waals surface area contributed by atoms with Crippen LogP contribution in [-0.2, 0) is 6.54 Å². The predicted octanol–water partition coefficient (Wildman–Crippen LogP) is 2.06. The van der Waals surface area contributed by atoms with E-state index < -0.39 is 0 Å². The van der Waals surface area contributed by atoms with E-state index in [9.17, 15) is 4.79 Å². The molecule has 0 aromatic carbocycles. The van der Waals surface area contributed by atoms with Crippen LogP contribution in [0.5, 0.6) is 5.75 Å². The van der Waals surface area contributed by atoms with Crippen molar-refractivity contribution in [3.05, 3.63) is 38.2 Å². The van der Waals surface area contributed by atoms with Crippen LogP contribution in [0.15, 0.2) is 22.9 Å². The molecular weight excluding hydrogens is 292 g/mol. The molecule has 0 aliphatic heterocycles. The molecule has 2 aromatic heterocycles. The third-order valence-corrected chi connectivity index (χ3v) is 4.35. The fraction of sp³-hybridized carbons (Fsp3) is 0.214. The Morgan fingerprint density at radius 3 is 2.95 bits per heavy atom. The second-order valence-corrected chi connectivity index (χ2v) is 5.68. The van der Waals surface area contributed by atoms with Crippen molar-refractivity contribution in [2.75, 3.05) is 13.7 Å². The number of ether oxygens (including phenoxy) is 1. The maximum atomic E-state index is 12.1. The van der Waals surface area contributed by atoms with E-state index in [2.05, 4.69) is 17.2 Å². The first-order valence-corrected chi connectivity index (χ1v) is 7.67. The monoisotopic (exact) mass is 306 g/mol. The molecule has 0 aliphatic carbocycles. The second kappa shape index (κ2) is 7.10. The first-order valence-electron chi connectivity index (χ1n) is 5.91. The molecule has 0 atom stereocenters. The van der Waals surface area contributed by atoms with E-state index >= 15 is 0 Å². The van der Waals surface area contributed by atoms with Gasteiger partial charge in [-0.2, -0.15) is 0 Å². The van der Waals surface area contributed by atoms with Crippen LogP contribution in [0.4, 0.5) is 0 Å². The number of amides is 1. The molecule has 104 valence electrons. The van der Waals surface area contributed by atoms with Crippen molar-refractivity contribution >= 4 is 28.6 Å². The summed E-state index contributed by atoms with van der Waals surface area (Å²) in [6, 6.07) is 3.71. The van der Waals surface area contributed by atoms with Crippen molar-refractivity contribution in [3.63, 3.8) is 0 Å². The third kappa shape index (κ3) is 3.39. The van der Waals surface area contributed by atoms with Gasteiger partial charge in [0.2, 0.25) is 0 Å². The van der Waals surface area contributed by atoms with Crippen molar-refractivity contribution in [2.45, 2.75) is 6.54 Å². The van der Waals surface area contributed by atoms with Crippen LogP contribution in [0.2, 0.25) is 0 Å². The summed E-state index contributed by atoms with van der Waals surface area (Å²) in [6.07, 6.45) is 0. The van der Waals surface area contributed by atoms with Gasteiger partial charge >= 0.3 is 0 Å². The van der Waals surface area contributed by atoms with E-state index in [-0.39, 0.29) is 5.91 Å². The Bertz CT molecular complexity index is 649. The molecule has 2 heterocycles. The van der Waals surface area contributed by atoms with Gasteiger partial charge in [-0.15, -0.1) is 22.7 Å². The summed E-state index contributed by atoms with van der Waals surface area (Å²) in [6.45, 7) is 0.778. The van der Waals surface area contributed by atoms with Gasteiger partial charge in [0.15, 0.2) is 0 Å². The molecule has 1 amide bonds. The highest BCUT2D eigenvalue weighted by Crippen LogP contribution is 2.24. The molecular formula is C14H14N2O2S2. The van der Waals surface area contributed by atoms with Gasteiger partial charge in [-0.25, -0.2) is 0 Å². The Morgan fingerprint density at radius 1 is 1.40 bits per heavy atom. The topological polar surface area (TPSA) is 64.3 Å². The molecule has 2 aromatic rings. The highest BCUT2D eigenvalue weighted by molar-refractivity contribution is 7.12. The van der Waals surface area contributed by atoms with Crippen molar-refractivity contribution in [3.8, 4) is 17.6 Å². The zero-order valence-corrected chi connectivity index (χ0v) is 12.6. The molecule has 0 radical (unpaired) electrons. The van der Waals surface area contributed by atoms with Gasteiger partial charge in [-0.3, -0.25) is 4.79 Å². The van der Waals surface area contributed by atoms with Gasteiger partial charge in [0.05, 0.1) is 20.2 Å². The number of thiophene rings is 2. The van der Waals surface area contributed by atoms with Crippen molar-refractivity contribution in [2.24, 2.45) is 5.73 Å². The Morgan fingerprint density at radius 2 is 2.20 bits per heavy atom. The van der Waals surface area contributed by atoms with Crippen LogP contribution in [-0.4, -0.2) is 19.6 Å². The maximum Gasteiger partial charge on any atom is 0.265 e. The zero-order chi connectivity index (χ0) is 14.4. The van der Waals surface area contributed by atoms with Crippen molar-refractivity contribution in [1.82, 2.24) is 5.32 Å². The lowest BCUT2D eigenvalue weighted by Crippen LogP contribution is -2.22. The second-order valence-electron chi connectivity index (χ2n) is 3.76. The lowest BCUT2D eigenvalue weighted by atomic mass is 10.2. The largest absolute Gasteiger partial charge is 0.495 e. The molecule has 0 saturated carbocycles. The van der Waals surface area contributed by atoms with Crippen LogP contribution < -0.4 is 15.8 Å². The molecule has 6 heteroatoms. The van der Waals surface area contributed by atoms with Crippen molar-refractivity contribution in [1.29, 1.82) is 0 Å². The number of rotatable bonds is 4. The minimum atomic E-state index is -0.136. The van der Waals surface area contributed by atoms with Crippen molar-refractivity contribution < 1.29 is 9.53 Å². The first-order chi connectivity index (χ1) is 9.76. The molecule has 0 unspecified atom stereocenters. The highest BCUT2D eigenvalue weighted by Gasteiger charge is 2.14. The van der Waals surface area contributed by atoms with Crippen LogP contribution >= 0.6 is 22.7 Å². The Kier molecular flexibility index (Phi) is 5.18. The number of hydrogen-bond acceptors (Lipinski definition) is 5. The average Bonchev–Trinajstić information content (AvgIpc) is 3.10. The number of nitrogens with one attached hydrogen (secondary N) is 1. The summed E-state index contributed by atoms with van der Waals surface area (Å²) >= 11 is 2.92. The number of carbonyl (C=O) groups excluding carboxylic acids is 1. The Labute approximate surface area is 125 Å². The Hall–Kier alpha value is -1.81. The quantitative estimate of drug-likeness (QED) is 0.850. The fourth-order valence-electron chi connectivity index (χ4n) is 1.60. The van der Waals surface area contributed by atoms with Gasteiger partial charge in [-0.05, 0) is 22.9 Å². The maximum absolute atomic E-state index is 12.1. The average molecular weight is 306 g/mol. The molecule has 0 spiro atoms. The van der Waals surface area contributed by atoms with Gasteiger partial charge in [0, 0.05) is 10.4 Å². The van der Waals surface area contributed by atoms with E-state index in [1.807, 2.05) is 16.8 Å². The standard InChI is InChI=1S/C14H14N2O2S2/c1-18-11-5-8-20-13(11)14(17)16-9-12-10(3-2-6-15)4-7-19-12/h4-5,7-8H,6,9,15H2,1H3,(H,16,17). The predicted molar refractivity (Wildman–Crippen MR) is 82.3 cm³/mol. The molecule has 0 saturated heterocycles. The molecule has 0 fully saturated rings. The zero-order valence-electron chi connectivity index (χ0n) is 10.9. The fourth-order valence-corrected chi connectivity index (χ4v) is 3.14. The van der Waals surface area contributed by atoms with Crippen LogP contribution in [0, 0.1) is 11.8 Å². The molecule has 3 N–H and O–H groups in total. The van der Waals surface area contributed by atoms with Gasteiger partial charge in [-0.1, -0.05) is 11.8 Å². The van der Waals surface area contributed by atoms with E-state index in [1.165, 1.54) is 11.3 Å². The summed E-state index contributed by atoms with van der Waals surface area (Å²) in [7, 11) is 1.55. The normalized spacial score (nSPS) is 9.70. The minimum absolute atomic E-state index is 0.136. The number of nitrogens with two attached hydrogens (primary N) is 1. The molecule has 0 aliphatic rings. The minimum Gasteiger partial charge on any atom is -0.495 e. The van der Waals surface area contributed by atoms with E-state index in [1.54, 1.807) is 24.5 Å². The van der Waals surface area contributed by atoms with Gasteiger partial charge in [0.1, 0.15) is 10.6 Å². The number of methoxy groups -OCH3 is 1. The van der Waals surface area contributed by atoms with Gasteiger partial charge in [0.25, 0.3) is 5.91 Å². The number of hydrogen-bond donors (Lipinski definition) is 2. The highest BCUT2D eigenvalue weighted by atomic mass is 32.1. The summed E-state index contributed by atoms with van der Waals surface area (Å²) in [5.74, 6) is 6.28. The Balaban J connectivity index is 2.02. The summed E-state index contributed by atoms with van der Waals surface area (Å²) in [5.41, 5.74) is 6.28. The number of carbonyl (C=O) groups is 1. The first kappa shape index (κ1) is 14.6. The van der Waals surface area contributed by atoms with Gasteiger partial charge < -0.3 is 15.8 Å². The third-order valence-electron chi connectivity index (χ3n) is 2.54. The summed E-state index contributed by atoms with van der Waals surface area (Å²) in [4.78, 5) is 13.7. The summed E-state index contributed by atoms with van der Waals surface area (Å²) in [5, 5.41) is 6.66. The molecule has 4 nitrogen and oxygen atoms in total. The van der Waals surface area contributed by atoms with Crippen LogP contribution in [0.3, 0.4) is 0 Å². The van der Waals surface area contributed by atoms with Crippen LogP contribution in [0.25, 0.3) is 0 Å². The lowest BCUT2D eigenvalue weighted by Gasteiger charge is -2.04. The smallest absolute Gasteiger partial charge is 0.265 e. The SMILES string of the molecule is COc1ccsc1C(=O)NCc1sccc1C#CCN. The summed E-state index contributed by atoms with van der Waals surface area (Å²) < 4.78 is 5.14. The van der Waals surface area contributed by atoms with E-state index in [0.717, 1.165) is 10.4 Å². The molecule has 2 rings (SSSR count). The molecule has 20 heavy (non-hydrogen) atoms. The van der Waals surface area contributed by atoms with E-state index in [4.69, 9.17) is 10.5 Å².